The first-order chi connectivity index (χ1) is 33.3. The molecule has 13 nitrogen and oxygen atoms in total. The van der Waals surface area contributed by atoms with E-state index in [-0.39, 0.29) is 11.9 Å². The van der Waals surface area contributed by atoms with Crippen molar-refractivity contribution in [3.63, 3.8) is 0 Å². The number of anilines is 1. The van der Waals surface area contributed by atoms with Crippen molar-refractivity contribution in [2.24, 2.45) is 17.8 Å². The van der Waals surface area contributed by atoms with E-state index in [9.17, 15) is 14.4 Å². The number of carbonyl (C=O) groups is 3. The van der Waals surface area contributed by atoms with Crippen LogP contribution in [0, 0.1) is 45.4 Å². The van der Waals surface area contributed by atoms with Gasteiger partial charge in [-0.2, -0.15) is 0 Å². The van der Waals surface area contributed by atoms with Gasteiger partial charge in [-0.25, -0.2) is 29.9 Å². The number of para-hydroxylation sites is 1. The maximum Gasteiger partial charge on any atom is 0.333 e. The number of nitrogens with zero attached hydrogens (tertiary/aromatic N) is 6. The summed E-state index contributed by atoms with van der Waals surface area (Å²) in [6, 6.07) is 33.2. The topological polar surface area (TPSA) is 169 Å². The van der Waals surface area contributed by atoms with E-state index in [0.717, 1.165) is 64.5 Å². The molecule has 0 aliphatic heterocycles. The number of pyridine rings is 3. The van der Waals surface area contributed by atoms with Gasteiger partial charge in [-0.3, -0.25) is 25.3 Å². The molecule has 8 aromatic rings. The first kappa shape index (κ1) is 45.0. The van der Waals surface area contributed by atoms with Gasteiger partial charge in [0, 0.05) is 39.8 Å². The molecule has 10 rings (SSSR count). The summed E-state index contributed by atoms with van der Waals surface area (Å²) in [5.41, 5.74) is 17.3. The first-order valence-corrected chi connectivity index (χ1v) is 23.8. The lowest BCUT2D eigenvalue weighted by molar-refractivity contribution is 0.0423. The molecule has 2 fully saturated rings. The Bertz CT molecular complexity index is 3290. The Morgan fingerprint density at radius 3 is 2.30 bits per heavy atom. The highest BCUT2D eigenvalue weighted by atomic mass is 16.2. The fraction of sp³-hybridized carbons (Fsp3) is 0.286. The highest BCUT2D eigenvalue weighted by molar-refractivity contribution is 6.12. The molecular formula is C56H56N10O3. The van der Waals surface area contributed by atoms with Crippen molar-refractivity contribution in [1.82, 2.24) is 45.9 Å². The summed E-state index contributed by atoms with van der Waals surface area (Å²) >= 11 is 0. The molecule has 4 aromatic heterocycles. The van der Waals surface area contributed by atoms with Crippen molar-refractivity contribution in [2.45, 2.75) is 85.2 Å². The third-order valence-corrected chi connectivity index (χ3v) is 14.2. The van der Waals surface area contributed by atoms with E-state index in [1.807, 2.05) is 80.6 Å². The number of hydrogen-bond acceptors (Lipinski definition) is 8. The minimum Gasteiger partial charge on any atom is -0.331 e. The van der Waals surface area contributed by atoms with Gasteiger partial charge in [-0.05, 0) is 142 Å². The summed E-state index contributed by atoms with van der Waals surface area (Å²) in [7, 11) is 0. The molecule has 4 heterocycles. The van der Waals surface area contributed by atoms with Crippen molar-refractivity contribution < 1.29 is 14.4 Å². The smallest absolute Gasteiger partial charge is 0.331 e. The maximum absolute atomic E-state index is 13.8. The molecule has 0 spiro atoms. The number of rotatable bonds is 9. The van der Waals surface area contributed by atoms with Crippen LogP contribution < -0.4 is 21.5 Å². The Hall–Kier alpha value is -7.80. The van der Waals surface area contributed by atoms with Crippen molar-refractivity contribution in [3.8, 4) is 22.5 Å². The van der Waals surface area contributed by atoms with Crippen molar-refractivity contribution in [2.75, 3.05) is 5.32 Å². The number of carbonyl (C=O) groups excluding carboxylic acids is 3. The van der Waals surface area contributed by atoms with E-state index in [1.54, 1.807) is 35.5 Å². The molecule has 69 heavy (non-hydrogen) atoms. The number of aromatic nitrogens is 6. The fourth-order valence-corrected chi connectivity index (χ4v) is 11.5. The normalized spacial score (nSPS) is 19.8. The van der Waals surface area contributed by atoms with Crippen molar-refractivity contribution in [3.05, 3.63) is 166 Å². The number of nitrogens with one attached hydrogen (secondary N) is 4. The van der Waals surface area contributed by atoms with E-state index in [2.05, 4.69) is 88.5 Å². The van der Waals surface area contributed by atoms with Crippen LogP contribution in [0.1, 0.15) is 99.5 Å². The molecule has 4 aromatic carbocycles. The molecule has 0 saturated heterocycles. The third-order valence-electron chi connectivity index (χ3n) is 14.2. The van der Waals surface area contributed by atoms with E-state index >= 15 is 0 Å². The number of urea groups is 1. The number of benzene rings is 4. The second-order valence-electron chi connectivity index (χ2n) is 19.6. The molecule has 5 atom stereocenters. The molecule has 2 bridgehead atoms. The number of fused-ring (bicyclic) bond motifs is 4. The Morgan fingerprint density at radius 1 is 0.725 bits per heavy atom. The van der Waals surface area contributed by atoms with Crippen LogP contribution in [-0.4, -0.2) is 53.1 Å². The van der Waals surface area contributed by atoms with Crippen LogP contribution in [0.15, 0.2) is 122 Å². The highest BCUT2D eigenvalue weighted by Crippen LogP contribution is 2.54. The van der Waals surface area contributed by atoms with Crippen molar-refractivity contribution in [1.29, 1.82) is 0 Å². The Balaban J connectivity index is 0.793. The first-order valence-electron chi connectivity index (χ1n) is 23.8. The Morgan fingerprint density at radius 2 is 1.49 bits per heavy atom. The standard InChI is InChI=1S/C56H56N10O3/c1-32-13-16-41(35(4)20-32)50-25-45(43-11-7-8-12-47(43)60-50)53(68)63-64-55(69)62-56-26-34(3)21-40(28-56)51(37(6)27-56)42-17-15-38(23-36(42)5)30-66-31-58-54(65-66)61-52(67)46-24-49(39-10-9-19-57-29-39)59-48-18-14-33(2)22-44(46)48/h7-20,22-25,29,31,34,37,40,51H,21,26-28,30H2,1-6H3,(H,63,68)(H,61,65,67)(H2,62,64,69). The molecule has 0 radical (unpaired) electrons. The average Bonchev–Trinajstić information content (AvgIpc) is 3.76. The van der Waals surface area contributed by atoms with Crippen LogP contribution in [0.5, 0.6) is 0 Å². The average molecular weight is 917 g/mol. The van der Waals surface area contributed by atoms with Gasteiger partial charge in [0.1, 0.15) is 6.33 Å². The maximum atomic E-state index is 13.8. The molecular weight excluding hydrogens is 861 g/mol. The number of hydrogen-bond donors (Lipinski definition) is 4. The number of amides is 4. The summed E-state index contributed by atoms with van der Waals surface area (Å²) in [4.78, 5) is 59.8. The van der Waals surface area contributed by atoms with Crippen molar-refractivity contribution >= 4 is 45.6 Å². The van der Waals surface area contributed by atoms with Crippen LogP contribution in [0.2, 0.25) is 0 Å². The zero-order valence-electron chi connectivity index (χ0n) is 39.8. The van der Waals surface area contributed by atoms with Gasteiger partial charge in [-0.1, -0.05) is 85.6 Å². The molecule has 348 valence electrons. The molecule has 2 aliphatic carbocycles. The highest BCUT2D eigenvalue weighted by Gasteiger charge is 2.50. The van der Waals surface area contributed by atoms with Gasteiger partial charge < -0.3 is 5.32 Å². The molecule has 13 heteroatoms. The van der Waals surface area contributed by atoms with Crippen LogP contribution >= 0.6 is 0 Å². The van der Waals surface area contributed by atoms with Gasteiger partial charge in [0.2, 0.25) is 5.95 Å². The molecule has 4 amide bonds. The van der Waals surface area contributed by atoms with Crippen LogP contribution in [0.3, 0.4) is 0 Å². The second kappa shape index (κ2) is 18.4. The van der Waals surface area contributed by atoms with Crippen LogP contribution in [0.25, 0.3) is 44.3 Å². The van der Waals surface area contributed by atoms with Gasteiger partial charge >= 0.3 is 6.03 Å². The predicted octanol–water partition coefficient (Wildman–Crippen LogP) is 10.6. The van der Waals surface area contributed by atoms with Crippen LogP contribution in [0.4, 0.5) is 10.7 Å². The zero-order chi connectivity index (χ0) is 48.0. The van der Waals surface area contributed by atoms with Gasteiger partial charge in [0.15, 0.2) is 0 Å². The quantitative estimate of drug-likeness (QED) is 0.104. The fourth-order valence-electron chi connectivity index (χ4n) is 11.5. The summed E-state index contributed by atoms with van der Waals surface area (Å²) in [5.74, 6) is 0.888. The minimum atomic E-state index is -0.415. The minimum absolute atomic E-state index is 0.217. The summed E-state index contributed by atoms with van der Waals surface area (Å²) in [6.45, 7) is 13.3. The SMILES string of the molecule is Cc1ccc(-c2cc(C(=O)NNC(=O)NC34CC(C)CC(C3)C(c3ccc(Cn5cnc(NC(=O)c6cc(-c7cccnc7)nc7ccc(C)cc67)n5)cc3C)C(C)C4)c3ccccc3n2)c(C)c1. The second-order valence-corrected chi connectivity index (χ2v) is 19.6. The molecule has 5 unspecified atom stereocenters. The lowest BCUT2D eigenvalue weighted by atomic mass is 9.55. The Kier molecular flexibility index (Phi) is 12.0. The number of hydrazine groups is 1. The number of aryl methyl sites for hydroxylation is 4. The predicted molar refractivity (Wildman–Crippen MR) is 270 cm³/mol. The zero-order valence-corrected chi connectivity index (χ0v) is 39.8. The molecule has 4 N–H and O–H groups in total. The summed E-state index contributed by atoms with van der Waals surface area (Å²) in [5, 5.41) is 12.4. The van der Waals surface area contributed by atoms with Gasteiger partial charge in [0.05, 0.1) is 40.1 Å². The monoisotopic (exact) mass is 916 g/mol. The Labute approximate surface area is 401 Å². The van der Waals surface area contributed by atoms with Gasteiger partial charge in [0.25, 0.3) is 11.8 Å². The largest absolute Gasteiger partial charge is 0.333 e. The van der Waals surface area contributed by atoms with E-state index < -0.39 is 17.5 Å². The van der Waals surface area contributed by atoms with E-state index in [0.29, 0.717) is 69.2 Å². The lowest BCUT2D eigenvalue weighted by Crippen LogP contribution is -2.61. The van der Waals surface area contributed by atoms with Gasteiger partial charge in [-0.15, -0.1) is 5.10 Å². The molecule has 2 aliphatic rings. The van der Waals surface area contributed by atoms with Crippen LogP contribution in [-0.2, 0) is 6.54 Å². The summed E-state index contributed by atoms with van der Waals surface area (Å²) < 4.78 is 1.74. The third kappa shape index (κ3) is 9.28. The van der Waals surface area contributed by atoms with E-state index in [1.165, 1.54) is 11.1 Å². The summed E-state index contributed by atoms with van der Waals surface area (Å²) in [6.07, 6.45) is 8.71. The lowest BCUT2D eigenvalue weighted by Gasteiger charge is -2.54. The molecule has 2 saturated carbocycles. The van der Waals surface area contributed by atoms with E-state index in [4.69, 9.17) is 9.97 Å².